The third kappa shape index (κ3) is 2.58. The van der Waals surface area contributed by atoms with E-state index in [4.69, 9.17) is 5.73 Å². The molecule has 2 heteroatoms. The van der Waals surface area contributed by atoms with Gasteiger partial charge in [0.1, 0.15) is 0 Å². The average Bonchev–Trinajstić information content (AvgIpc) is 2.29. The molecule has 2 rings (SSSR count). The van der Waals surface area contributed by atoms with Crippen molar-refractivity contribution in [2.24, 2.45) is 5.73 Å². The molecule has 0 spiro atoms. The highest BCUT2D eigenvalue weighted by Crippen LogP contribution is 2.16. The molecule has 0 unspecified atom stereocenters. The molecule has 84 valence electrons. The van der Waals surface area contributed by atoms with Crippen molar-refractivity contribution >= 4 is 10.9 Å². The van der Waals surface area contributed by atoms with Crippen LogP contribution in [0.1, 0.15) is 24.0 Å². The molecule has 0 saturated carbocycles. The molecule has 0 fully saturated rings. The molecule has 0 bridgehead atoms. The van der Waals surface area contributed by atoms with Gasteiger partial charge in [0, 0.05) is 11.6 Å². The summed E-state index contributed by atoms with van der Waals surface area (Å²) in [6.07, 6.45) is 5.30. The first-order valence-electron chi connectivity index (χ1n) is 5.85. The number of nitrogens with zero attached hydrogens (tertiary/aromatic N) is 1. The number of benzene rings is 1. The van der Waals surface area contributed by atoms with Gasteiger partial charge in [-0.15, -0.1) is 0 Å². The van der Waals surface area contributed by atoms with Gasteiger partial charge >= 0.3 is 0 Å². The standard InChI is InChI=1S/C14H18N2/c1-11-5-6-13-9-12(4-2-3-7-15)10-16-14(13)8-11/h5-6,8-10H,2-4,7,15H2,1H3. The second kappa shape index (κ2) is 5.08. The zero-order chi connectivity index (χ0) is 11.4. The van der Waals surface area contributed by atoms with E-state index in [-0.39, 0.29) is 0 Å². The molecular formula is C14H18N2. The van der Waals surface area contributed by atoms with E-state index >= 15 is 0 Å². The quantitative estimate of drug-likeness (QED) is 0.795. The smallest absolute Gasteiger partial charge is 0.0704 e. The van der Waals surface area contributed by atoms with Crippen LogP contribution in [0.4, 0.5) is 0 Å². The van der Waals surface area contributed by atoms with Gasteiger partial charge in [0.2, 0.25) is 0 Å². The van der Waals surface area contributed by atoms with Gasteiger partial charge in [0.15, 0.2) is 0 Å². The minimum absolute atomic E-state index is 0.778. The van der Waals surface area contributed by atoms with Crippen LogP contribution in [0.25, 0.3) is 10.9 Å². The summed E-state index contributed by atoms with van der Waals surface area (Å²) in [5, 5.41) is 1.23. The molecule has 1 heterocycles. The number of nitrogens with two attached hydrogens (primary N) is 1. The Balaban J connectivity index is 2.20. The van der Waals surface area contributed by atoms with E-state index in [0.29, 0.717) is 0 Å². The number of fused-ring (bicyclic) bond motifs is 1. The van der Waals surface area contributed by atoms with Gasteiger partial charge in [-0.3, -0.25) is 4.98 Å². The van der Waals surface area contributed by atoms with Crippen molar-refractivity contribution in [3.8, 4) is 0 Å². The lowest BCUT2D eigenvalue weighted by Crippen LogP contribution is -1.99. The van der Waals surface area contributed by atoms with Crippen LogP contribution >= 0.6 is 0 Å². The Bertz CT molecular complexity index is 477. The molecule has 0 radical (unpaired) electrons. The molecule has 1 aromatic carbocycles. The van der Waals surface area contributed by atoms with Crippen LogP contribution in [0.3, 0.4) is 0 Å². The summed E-state index contributed by atoms with van der Waals surface area (Å²) in [7, 11) is 0. The highest BCUT2D eigenvalue weighted by atomic mass is 14.6. The minimum Gasteiger partial charge on any atom is -0.330 e. The lowest BCUT2D eigenvalue weighted by Gasteiger charge is -2.03. The van der Waals surface area contributed by atoms with Crippen molar-refractivity contribution in [2.75, 3.05) is 6.54 Å². The molecule has 2 N–H and O–H groups in total. The summed E-state index contributed by atoms with van der Waals surface area (Å²) in [5.41, 5.74) is 9.14. The summed E-state index contributed by atoms with van der Waals surface area (Å²) >= 11 is 0. The lowest BCUT2D eigenvalue weighted by molar-refractivity contribution is 0.744. The topological polar surface area (TPSA) is 38.9 Å². The van der Waals surface area contributed by atoms with E-state index in [1.54, 1.807) is 0 Å². The van der Waals surface area contributed by atoms with Crippen LogP contribution in [0, 0.1) is 6.92 Å². The number of unbranched alkanes of at least 4 members (excludes halogenated alkanes) is 1. The number of hydrogen-bond acceptors (Lipinski definition) is 2. The highest BCUT2D eigenvalue weighted by molar-refractivity contribution is 5.79. The van der Waals surface area contributed by atoms with E-state index in [9.17, 15) is 0 Å². The third-order valence-electron chi connectivity index (χ3n) is 2.82. The summed E-state index contributed by atoms with van der Waals surface area (Å²) in [4.78, 5) is 4.49. The summed E-state index contributed by atoms with van der Waals surface area (Å²) in [5.74, 6) is 0. The zero-order valence-corrected chi connectivity index (χ0v) is 9.74. The van der Waals surface area contributed by atoms with Crippen molar-refractivity contribution in [3.63, 3.8) is 0 Å². The molecule has 0 aliphatic rings. The van der Waals surface area contributed by atoms with Gasteiger partial charge in [-0.2, -0.15) is 0 Å². The van der Waals surface area contributed by atoms with Crippen LogP contribution in [0.15, 0.2) is 30.5 Å². The maximum absolute atomic E-state index is 5.48. The van der Waals surface area contributed by atoms with Crippen molar-refractivity contribution in [2.45, 2.75) is 26.2 Å². The summed E-state index contributed by atoms with van der Waals surface area (Å²) in [6, 6.07) is 8.63. The van der Waals surface area contributed by atoms with Gasteiger partial charge in [0.25, 0.3) is 0 Å². The first-order chi connectivity index (χ1) is 7.79. The van der Waals surface area contributed by atoms with Gasteiger partial charge in [-0.1, -0.05) is 12.1 Å². The van der Waals surface area contributed by atoms with E-state index in [1.165, 1.54) is 16.5 Å². The Morgan fingerprint density at radius 1 is 1.19 bits per heavy atom. The number of hydrogen-bond donors (Lipinski definition) is 1. The Labute approximate surface area is 96.5 Å². The average molecular weight is 214 g/mol. The van der Waals surface area contributed by atoms with E-state index < -0.39 is 0 Å². The van der Waals surface area contributed by atoms with Crippen LogP contribution in [0.2, 0.25) is 0 Å². The van der Waals surface area contributed by atoms with Crippen LogP contribution < -0.4 is 5.73 Å². The monoisotopic (exact) mass is 214 g/mol. The van der Waals surface area contributed by atoms with Crippen LogP contribution in [-0.4, -0.2) is 11.5 Å². The zero-order valence-electron chi connectivity index (χ0n) is 9.74. The lowest BCUT2D eigenvalue weighted by atomic mass is 10.1. The van der Waals surface area contributed by atoms with Gasteiger partial charge in [-0.05, 0) is 56.0 Å². The number of pyridine rings is 1. The fourth-order valence-corrected chi connectivity index (χ4v) is 1.89. The Kier molecular flexibility index (Phi) is 3.52. The maximum Gasteiger partial charge on any atom is 0.0704 e. The molecular weight excluding hydrogens is 196 g/mol. The van der Waals surface area contributed by atoms with Gasteiger partial charge < -0.3 is 5.73 Å². The molecule has 16 heavy (non-hydrogen) atoms. The van der Waals surface area contributed by atoms with Crippen molar-refractivity contribution in [1.29, 1.82) is 0 Å². The normalized spacial score (nSPS) is 10.9. The number of aromatic nitrogens is 1. The molecule has 0 aliphatic carbocycles. The van der Waals surface area contributed by atoms with E-state index in [2.05, 4.69) is 36.2 Å². The van der Waals surface area contributed by atoms with Gasteiger partial charge in [-0.25, -0.2) is 0 Å². The number of aryl methyl sites for hydroxylation is 2. The summed E-state index contributed by atoms with van der Waals surface area (Å²) in [6.45, 7) is 2.87. The first kappa shape index (κ1) is 11.1. The molecule has 2 aromatic rings. The second-order valence-corrected chi connectivity index (χ2v) is 4.29. The fraction of sp³-hybridized carbons (Fsp3) is 0.357. The third-order valence-corrected chi connectivity index (χ3v) is 2.82. The minimum atomic E-state index is 0.778. The van der Waals surface area contributed by atoms with Gasteiger partial charge in [0.05, 0.1) is 5.52 Å². The fourth-order valence-electron chi connectivity index (χ4n) is 1.89. The largest absolute Gasteiger partial charge is 0.330 e. The maximum atomic E-state index is 5.48. The highest BCUT2D eigenvalue weighted by Gasteiger charge is 1.98. The van der Waals surface area contributed by atoms with E-state index in [0.717, 1.165) is 31.3 Å². The van der Waals surface area contributed by atoms with E-state index in [1.807, 2.05) is 6.20 Å². The second-order valence-electron chi connectivity index (χ2n) is 4.29. The van der Waals surface area contributed by atoms with Crippen molar-refractivity contribution < 1.29 is 0 Å². The van der Waals surface area contributed by atoms with Crippen molar-refractivity contribution in [1.82, 2.24) is 4.98 Å². The Morgan fingerprint density at radius 2 is 2.06 bits per heavy atom. The van der Waals surface area contributed by atoms with Crippen LogP contribution in [0.5, 0.6) is 0 Å². The SMILES string of the molecule is Cc1ccc2cc(CCCCN)cnc2c1. The van der Waals surface area contributed by atoms with Crippen LogP contribution in [-0.2, 0) is 6.42 Å². The molecule has 0 saturated heterocycles. The first-order valence-corrected chi connectivity index (χ1v) is 5.85. The predicted molar refractivity (Wildman–Crippen MR) is 68.5 cm³/mol. The molecule has 0 atom stereocenters. The molecule has 0 amide bonds. The molecule has 1 aromatic heterocycles. The Hall–Kier alpha value is -1.41. The Morgan fingerprint density at radius 3 is 2.88 bits per heavy atom. The molecule has 2 nitrogen and oxygen atoms in total. The number of rotatable bonds is 4. The van der Waals surface area contributed by atoms with Crippen molar-refractivity contribution in [3.05, 3.63) is 41.6 Å². The predicted octanol–water partition coefficient (Wildman–Crippen LogP) is 2.82. The summed E-state index contributed by atoms with van der Waals surface area (Å²) < 4.78 is 0. The molecule has 0 aliphatic heterocycles.